The van der Waals surface area contributed by atoms with Crippen molar-refractivity contribution in [3.63, 3.8) is 0 Å². The molecule has 1 N–H and O–H groups in total. The van der Waals surface area contributed by atoms with Gasteiger partial charge in [-0.1, -0.05) is 18.2 Å². The van der Waals surface area contributed by atoms with Crippen molar-refractivity contribution < 1.29 is 0 Å². The molecule has 2 aromatic heterocycles. The van der Waals surface area contributed by atoms with E-state index in [4.69, 9.17) is 0 Å². The maximum Gasteiger partial charge on any atom is 0.0702 e. The maximum absolute atomic E-state index is 4.40. The van der Waals surface area contributed by atoms with Gasteiger partial charge in [0.2, 0.25) is 0 Å². The van der Waals surface area contributed by atoms with Crippen LogP contribution in [0.5, 0.6) is 0 Å². The fourth-order valence-corrected chi connectivity index (χ4v) is 3.30. The molecule has 0 saturated carbocycles. The van der Waals surface area contributed by atoms with Gasteiger partial charge in [-0.05, 0) is 35.4 Å². The zero-order chi connectivity index (χ0) is 15.5. The van der Waals surface area contributed by atoms with Gasteiger partial charge in [0.25, 0.3) is 0 Å². The first-order valence-corrected chi connectivity index (χ1v) is 8.08. The lowest BCUT2D eigenvalue weighted by Crippen LogP contribution is -2.45. The molecule has 1 aromatic carbocycles. The molecule has 3 aromatic rings. The minimum absolute atomic E-state index is 0.377. The topological polar surface area (TPSA) is 41.1 Å². The van der Waals surface area contributed by atoms with Crippen LogP contribution >= 0.6 is 0 Å². The van der Waals surface area contributed by atoms with Crippen LogP contribution in [0.3, 0.4) is 0 Å². The molecule has 1 saturated heterocycles. The minimum atomic E-state index is 0.377. The highest BCUT2D eigenvalue weighted by atomic mass is 15.2. The van der Waals surface area contributed by atoms with E-state index in [2.05, 4.69) is 50.5 Å². The van der Waals surface area contributed by atoms with Crippen molar-refractivity contribution in [2.24, 2.45) is 0 Å². The van der Waals surface area contributed by atoms with Gasteiger partial charge in [-0.3, -0.25) is 14.9 Å². The Bertz CT molecular complexity index is 787. The minimum Gasteiger partial charge on any atom is -0.314 e. The quantitative estimate of drug-likeness (QED) is 0.808. The van der Waals surface area contributed by atoms with Crippen molar-refractivity contribution >= 4 is 10.9 Å². The Morgan fingerprint density at radius 3 is 3.00 bits per heavy atom. The van der Waals surface area contributed by atoms with Gasteiger partial charge in [0.1, 0.15) is 0 Å². The molecule has 0 amide bonds. The Balaban J connectivity index is 1.59. The van der Waals surface area contributed by atoms with Gasteiger partial charge in [0, 0.05) is 56.2 Å². The van der Waals surface area contributed by atoms with Gasteiger partial charge in [-0.15, -0.1) is 0 Å². The van der Waals surface area contributed by atoms with Crippen LogP contribution in [0.4, 0.5) is 0 Å². The third kappa shape index (κ3) is 3.09. The number of hydrogen-bond acceptors (Lipinski definition) is 4. The Hall–Kier alpha value is -2.30. The lowest BCUT2D eigenvalue weighted by molar-refractivity contribution is 0.153. The summed E-state index contributed by atoms with van der Waals surface area (Å²) in [4.78, 5) is 11.2. The van der Waals surface area contributed by atoms with E-state index >= 15 is 0 Å². The van der Waals surface area contributed by atoms with Crippen LogP contribution in [0.15, 0.2) is 61.1 Å². The van der Waals surface area contributed by atoms with Crippen LogP contribution in [0.1, 0.15) is 17.2 Å². The van der Waals surface area contributed by atoms with Crippen LogP contribution < -0.4 is 5.32 Å². The predicted molar refractivity (Wildman–Crippen MR) is 92.0 cm³/mol. The molecule has 23 heavy (non-hydrogen) atoms. The van der Waals surface area contributed by atoms with E-state index < -0.39 is 0 Å². The normalized spacial score (nSPS) is 19.0. The average molecular weight is 304 g/mol. The molecule has 3 heterocycles. The number of benzene rings is 1. The van der Waals surface area contributed by atoms with Gasteiger partial charge in [-0.25, -0.2) is 0 Å². The van der Waals surface area contributed by atoms with E-state index in [1.54, 1.807) is 0 Å². The lowest BCUT2D eigenvalue weighted by Gasteiger charge is -2.36. The number of aromatic nitrogens is 2. The van der Waals surface area contributed by atoms with Gasteiger partial charge >= 0.3 is 0 Å². The summed E-state index contributed by atoms with van der Waals surface area (Å²) in [6.45, 7) is 4.00. The molecule has 1 unspecified atom stereocenters. The first-order valence-electron chi connectivity index (χ1n) is 8.08. The molecule has 1 aliphatic heterocycles. The monoisotopic (exact) mass is 304 g/mol. The molecule has 1 atom stereocenters. The molecule has 1 fully saturated rings. The van der Waals surface area contributed by atoms with Crippen molar-refractivity contribution in [1.29, 1.82) is 0 Å². The molecular formula is C19H20N4. The summed E-state index contributed by atoms with van der Waals surface area (Å²) in [7, 11) is 0. The SMILES string of the molecule is c1cncc(C2CNCCN2Cc2ccc3ncccc3c2)c1. The fourth-order valence-electron chi connectivity index (χ4n) is 3.30. The van der Waals surface area contributed by atoms with Crippen LogP contribution in [0.2, 0.25) is 0 Å². The molecule has 4 rings (SSSR count). The molecule has 0 spiro atoms. The van der Waals surface area contributed by atoms with E-state index in [1.807, 2.05) is 30.7 Å². The number of fused-ring (bicyclic) bond motifs is 1. The van der Waals surface area contributed by atoms with Crippen LogP contribution in [0.25, 0.3) is 10.9 Å². The molecule has 4 nitrogen and oxygen atoms in total. The summed E-state index contributed by atoms with van der Waals surface area (Å²) in [6.07, 6.45) is 5.66. The number of hydrogen-bond donors (Lipinski definition) is 1. The number of pyridine rings is 2. The summed E-state index contributed by atoms with van der Waals surface area (Å²) in [5, 5.41) is 4.71. The number of piperazine rings is 1. The Morgan fingerprint density at radius 1 is 1.13 bits per heavy atom. The van der Waals surface area contributed by atoms with Crippen molar-refractivity contribution in [2.45, 2.75) is 12.6 Å². The van der Waals surface area contributed by atoms with Gasteiger partial charge in [0.05, 0.1) is 5.52 Å². The first-order chi connectivity index (χ1) is 11.4. The fraction of sp³-hybridized carbons (Fsp3) is 0.263. The standard InChI is InChI=1S/C19H20N4/c1-4-17(12-20-7-1)19-13-21-9-10-23(19)14-15-5-6-18-16(11-15)3-2-8-22-18/h1-8,11-12,19,21H,9-10,13-14H2. The summed E-state index contributed by atoms with van der Waals surface area (Å²) < 4.78 is 0. The highest BCUT2D eigenvalue weighted by Gasteiger charge is 2.23. The summed E-state index contributed by atoms with van der Waals surface area (Å²) >= 11 is 0. The molecular weight excluding hydrogens is 284 g/mol. The van der Waals surface area contributed by atoms with Crippen molar-refractivity contribution in [1.82, 2.24) is 20.2 Å². The molecule has 0 bridgehead atoms. The zero-order valence-electron chi connectivity index (χ0n) is 13.0. The molecule has 1 aliphatic rings. The van der Waals surface area contributed by atoms with Gasteiger partial charge < -0.3 is 5.32 Å². The van der Waals surface area contributed by atoms with Crippen LogP contribution in [-0.4, -0.2) is 34.5 Å². The second kappa shape index (κ2) is 6.44. The third-order valence-corrected chi connectivity index (χ3v) is 4.48. The van der Waals surface area contributed by atoms with Crippen LogP contribution in [-0.2, 0) is 6.54 Å². The maximum atomic E-state index is 4.40. The zero-order valence-corrected chi connectivity index (χ0v) is 13.0. The molecule has 0 aliphatic carbocycles. The predicted octanol–water partition coefficient (Wildman–Crippen LogP) is 2.78. The average Bonchev–Trinajstić information content (AvgIpc) is 2.63. The summed E-state index contributed by atoms with van der Waals surface area (Å²) in [5.74, 6) is 0. The second-order valence-electron chi connectivity index (χ2n) is 6.01. The van der Waals surface area contributed by atoms with Gasteiger partial charge in [0.15, 0.2) is 0 Å². The number of nitrogens with zero attached hydrogens (tertiary/aromatic N) is 3. The second-order valence-corrected chi connectivity index (χ2v) is 6.01. The first kappa shape index (κ1) is 14.3. The summed E-state index contributed by atoms with van der Waals surface area (Å²) in [6, 6.07) is 15.2. The highest BCUT2D eigenvalue weighted by molar-refractivity contribution is 5.78. The Labute approximate surface area is 136 Å². The van der Waals surface area contributed by atoms with E-state index in [1.165, 1.54) is 16.5 Å². The van der Waals surface area contributed by atoms with Gasteiger partial charge in [-0.2, -0.15) is 0 Å². The Morgan fingerprint density at radius 2 is 2.09 bits per heavy atom. The van der Waals surface area contributed by atoms with Crippen molar-refractivity contribution in [3.8, 4) is 0 Å². The largest absolute Gasteiger partial charge is 0.314 e. The third-order valence-electron chi connectivity index (χ3n) is 4.48. The van der Waals surface area contributed by atoms with E-state index in [-0.39, 0.29) is 0 Å². The van der Waals surface area contributed by atoms with Crippen LogP contribution in [0, 0.1) is 0 Å². The Kier molecular flexibility index (Phi) is 4.01. The lowest BCUT2D eigenvalue weighted by atomic mass is 10.0. The van der Waals surface area contributed by atoms with Crippen molar-refractivity contribution in [2.75, 3.05) is 19.6 Å². The summed E-state index contributed by atoms with van der Waals surface area (Å²) in [5.41, 5.74) is 3.67. The number of rotatable bonds is 3. The van der Waals surface area contributed by atoms with Crippen molar-refractivity contribution in [3.05, 3.63) is 72.2 Å². The van der Waals surface area contributed by atoms with E-state index in [0.717, 1.165) is 31.7 Å². The smallest absolute Gasteiger partial charge is 0.0702 e. The molecule has 0 radical (unpaired) electrons. The number of nitrogens with one attached hydrogen (secondary N) is 1. The van der Waals surface area contributed by atoms with E-state index in [9.17, 15) is 0 Å². The molecule has 116 valence electrons. The highest BCUT2D eigenvalue weighted by Crippen LogP contribution is 2.24. The van der Waals surface area contributed by atoms with E-state index in [0.29, 0.717) is 6.04 Å². The molecule has 4 heteroatoms.